The van der Waals surface area contributed by atoms with Crippen LogP contribution in [0, 0.1) is 11.3 Å². The van der Waals surface area contributed by atoms with E-state index in [4.69, 9.17) is 9.68 Å². The molecule has 1 aliphatic heterocycles. The van der Waals surface area contributed by atoms with Crippen molar-refractivity contribution in [2.75, 3.05) is 11.9 Å². The summed E-state index contributed by atoms with van der Waals surface area (Å²) in [7, 11) is 0. The first-order valence-electron chi connectivity index (χ1n) is 7.88. The Bertz CT molecular complexity index is 883. The van der Waals surface area contributed by atoms with Crippen LogP contribution in [0.1, 0.15) is 18.2 Å². The molecular weight excluding hydrogens is 336 g/mol. The van der Waals surface area contributed by atoms with Crippen LogP contribution in [0.2, 0.25) is 0 Å². The second-order valence-corrected chi connectivity index (χ2v) is 6.00. The fourth-order valence-corrected chi connectivity index (χ4v) is 2.71. The number of nitrogens with one attached hydrogen (secondary N) is 2. The quantitative estimate of drug-likeness (QED) is 0.796. The van der Waals surface area contributed by atoms with Gasteiger partial charge in [0.15, 0.2) is 5.54 Å². The van der Waals surface area contributed by atoms with Gasteiger partial charge in [-0.2, -0.15) is 5.26 Å². The summed E-state index contributed by atoms with van der Waals surface area (Å²) < 4.78 is 5.23. The van der Waals surface area contributed by atoms with Crippen LogP contribution >= 0.6 is 0 Å². The van der Waals surface area contributed by atoms with Gasteiger partial charge in [0.25, 0.3) is 5.91 Å². The number of carbonyl (C=O) groups is 3. The van der Waals surface area contributed by atoms with Gasteiger partial charge in [0.1, 0.15) is 12.3 Å². The summed E-state index contributed by atoms with van der Waals surface area (Å²) in [4.78, 5) is 37.8. The highest BCUT2D eigenvalue weighted by atomic mass is 16.3. The molecule has 1 aromatic heterocycles. The van der Waals surface area contributed by atoms with Crippen molar-refractivity contribution in [1.29, 1.82) is 5.26 Å². The normalized spacial score (nSPS) is 19.2. The number of benzene rings is 1. The minimum atomic E-state index is -1.33. The lowest BCUT2D eigenvalue weighted by Crippen LogP contribution is -2.41. The third-order valence-electron chi connectivity index (χ3n) is 4.11. The molecule has 1 fully saturated rings. The van der Waals surface area contributed by atoms with Crippen molar-refractivity contribution in [3.05, 3.63) is 54.0 Å². The zero-order chi connectivity index (χ0) is 18.7. The van der Waals surface area contributed by atoms with Crippen molar-refractivity contribution in [2.45, 2.75) is 18.9 Å². The van der Waals surface area contributed by atoms with E-state index in [1.165, 1.54) is 13.2 Å². The molecule has 1 atom stereocenters. The molecule has 0 radical (unpaired) electrons. The van der Waals surface area contributed by atoms with E-state index in [0.717, 1.165) is 10.5 Å². The van der Waals surface area contributed by atoms with E-state index in [1.54, 1.807) is 36.4 Å². The summed E-state index contributed by atoms with van der Waals surface area (Å²) in [6, 6.07) is 11.3. The van der Waals surface area contributed by atoms with E-state index in [9.17, 15) is 14.4 Å². The van der Waals surface area contributed by atoms with Gasteiger partial charge in [-0.1, -0.05) is 12.1 Å². The van der Waals surface area contributed by atoms with Gasteiger partial charge in [-0.15, -0.1) is 0 Å². The number of nitriles is 1. The predicted molar refractivity (Wildman–Crippen MR) is 90.7 cm³/mol. The van der Waals surface area contributed by atoms with Crippen molar-refractivity contribution in [3.63, 3.8) is 0 Å². The van der Waals surface area contributed by atoms with E-state index >= 15 is 0 Å². The lowest BCUT2D eigenvalue weighted by atomic mass is 9.99. The highest BCUT2D eigenvalue weighted by Crippen LogP contribution is 2.28. The Morgan fingerprint density at radius 1 is 1.31 bits per heavy atom. The number of amides is 4. The van der Waals surface area contributed by atoms with Gasteiger partial charge in [0.2, 0.25) is 5.91 Å². The third kappa shape index (κ3) is 3.15. The van der Waals surface area contributed by atoms with Crippen molar-refractivity contribution < 1.29 is 18.8 Å². The van der Waals surface area contributed by atoms with Gasteiger partial charge in [0, 0.05) is 5.69 Å². The van der Waals surface area contributed by atoms with Crippen LogP contribution in [-0.2, 0) is 21.5 Å². The molecule has 0 spiro atoms. The first-order valence-corrected chi connectivity index (χ1v) is 7.88. The summed E-state index contributed by atoms with van der Waals surface area (Å²) in [6.45, 7) is 1.11. The average molecular weight is 352 g/mol. The number of imide groups is 1. The van der Waals surface area contributed by atoms with E-state index in [0.29, 0.717) is 11.4 Å². The monoisotopic (exact) mass is 352 g/mol. The molecule has 0 bridgehead atoms. The number of furan rings is 1. The number of hydrogen-bond acceptors (Lipinski definition) is 5. The Hall–Kier alpha value is -3.60. The number of anilines is 1. The second kappa shape index (κ2) is 6.72. The lowest BCUT2D eigenvalue weighted by Gasteiger charge is -2.18. The Labute approximate surface area is 149 Å². The van der Waals surface area contributed by atoms with Crippen LogP contribution in [0.4, 0.5) is 10.5 Å². The molecule has 26 heavy (non-hydrogen) atoms. The molecule has 0 aliphatic carbocycles. The molecule has 1 unspecified atom stereocenters. The number of rotatable bonds is 5. The first kappa shape index (κ1) is 17.2. The summed E-state index contributed by atoms with van der Waals surface area (Å²) in [5, 5.41) is 13.8. The molecule has 2 N–H and O–H groups in total. The van der Waals surface area contributed by atoms with E-state index in [1.807, 2.05) is 6.07 Å². The minimum absolute atomic E-state index is 0.280. The molecule has 132 valence electrons. The van der Waals surface area contributed by atoms with Crippen LogP contribution in [0.25, 0.3) is 0 Å². The fourth-order valence-electron chi connectivity index (χ4n) is 2.71. The molecule has 0 saturated carbocycles. The zero-order valence-electron chi connectivity index (χ0n) is 14.0. The molecule has 2 aromatic rings. The number of carbonyl (C=O) groups excluding carboxylic acids is 3. The van der Waals surface area contributed by atoms with Crippen molar-refractivity contribution in [3.8, 4) is 6.07 Å². The Balaban J connectivity index is 1.67. The molecule has 1 aromatic carbocycles. The summed E-state index contributed by atoms with van der Waals surface area (Å²) in [5.41, 5.74) is 0.00569. The topological polar surface area (TPSA) is 115 Å². The van der Waals surface area contributed by atoms with E-state index in [-0.39, 0.29) is 6.42 Å². The molecular formula is C18H16N4O4. The molecule has 3 rings (SSSR count). The van der Waals surface area contributed by atoms with Gasteiger partial charge in [-0.05, 0) is 36.8 Å². The maximum absolute atomic E-state index is 12.6. The maximum atomic E-state index is 12.6. The third-order valence-corrected chi connectivity index (χ3v) is 4.11. The van der Waals surface area contributed by atoms with E-state index < -0.39 is 29.9 Å². The SMILES string of the molecule is CC1(c2ccco2)NC(=O)N(CC(=O)Nc2ccc(CC#N)cc2)C1=O. The molecule has 8 heteroatoms. The molecule has 8 nitrogen and oxygen atoms in total. The summed E-state index contributed by atoms with van der Waals surface area (Å²) in [5.74, 6) is -0.769. The summed E-state index contributed by atoms with van der Waals surface area (Å²) >= 11 is 0. The van der Waals surface area contributed by atoms with E-state index in [2.05, 4.69) is 10.6 Å². The number of urea groups is 1. The first-order chi connectivity index (χ1) is 12.4. The Kier molecular flexibility index (Phi) is 4.45. The van der Waals surface area contributed by atoms with Crippen LogP contribution < -0.4 is 10.6 Å². The predicted octanol–water partition coefficient (Wildman–Crippen LogP) is 1.75. The van der Waals surface area contributed by atoms with Crippen LogP contribution in [0.5, 0.6) is 0 Å². The van der Waals surface area contributed by atoms with Gasteiger partial charge in [-0.25, -0.2) is 4.79 Å². The highest BCUT2D eigenvalue weighted by molar-refractivity contribution is 6.10. The zero-order valence-corrected chi connectivity index (χ0v) is 14.0. The maximum Gasteiger partial charge on any atom is 0.325 e. The lowest BCUT2D eigenvalue weighted by molar-refractivity contribution is -0.134. The van der Waals surface area contributed by atoms with Crippen LogP contribution in [0.3, 0.4) is 0 Å². The molecule has 1 aliphatic rings. The molecule has 4 amide bonds. The van der Waals surface area contributed by atoms with Crippen LogP contribution in [-0.4, -0.2) is 29.3 Å². The summed E-state index contributed by atoms with van der Waals surface area (Å²) in [6.07, 6.45) is 1.69. The number of hydrogen-bond donors (Lipinski definition) is 2. The van der Waals surface area contributed by atoms with Crippen LogP contribution in [0.15, 0.2) is 47.1 Å². The van der Waals surface area contributed by atoms with Gasteiger partial charge < -0.3 is 15.1 Å². The van der Waals surface area contributed by atoms with Crippen molar-refractivity contribution in [1.82, 2.24) is 10.2 Å². The van der Waals surface area contributed by atoms with Gasteiger partial charge in [0.05, 0.1) is 18.8 Å². The van der Waals surface area contributed by atoms with Crippen molar-refractivity contribution in [2.24, 2.45) is 0 Å². The average Bonchev–Trinajstić information content (AvgIpc) is 3.22. The largest absolute Gasteiger partial charge is 0.466 e. The Morgan fingerprint density at radius 3 is 2.65 bits per heavy atom. The fraction of sp³-hybridized carbons (Fsp3) is 0.222. The molecule has 2 heterocycles. The molecule has 1 saturated heterocycles. The Morgan fingerprint density at radius 2 is 2.04 bits per heavy atom. The minimum Gasteiger partial charge on any atom is -0.466 e. The second-order valence-electron chi connectivity index (χ2n) is 6.00. The smallest absolute Gasteiger partial charge is 0.325 e. The number of nitrogens with zero attached hydrogens (tertiary/aromatic N) is 2. The van der Waals surface area contributed by atoms with Gasteiger partial charge in [-0.3, -0.25) is 14.5 Å². The standard InChI is InChI=1S/C18H16N4O4/c1-18(14-3-2-10-26-14)16(24)22(17(25)21-18)11-15(23)20-13-6-4-12(5-7-13)8-9-19/h2-7,10H,8,11H2,1H3,(H,20,23)(H,21,25). The van der Waals surface area contributed by atoms with Crippen molar-refractivity contribution >= 4 is 23.5 Å². The highest BCUT2D eigenvalue weighted by Gasteiger charge is 2.51. The van der Waals surface area contributed by atoms with Gasteiger partial charge >= 0.3 is 6.03 Å².